The lowest BCUT2D eigenvalue weighted by atomic mass is 10.0. The van der Waals surface area contributed by atoms with Crippen LogP contribution in [0.3, 0.4) is 0 Å². The fraction of sp³-hybridized carbons (Fsp3) is 0.250. The average molecular weight is 354 g/mol. The molecule has 2 N–H and O–H groups in total. The van der Waals surface area contributed by atoms with E-state index in [4.69, 9.17) is 5.11 Å². The molecular weight excluding hydrogens is 342 g/mol. The third-order valence-electron chi connectivity index (χ3n) is 2.68. The van der Waals surface area contributed by atoms with Gasteiger partial charge in [-0.15, -0.1) is 5.10 Å². The van der Waals surface area contributed by atoms with Gasteiger partial charge in [0.25, 0.3) is 0 Å². The van der Waals surface area contributed by atoms with E-state index in [1.54, 1.807) is 24.3 Å². The number of hydrogen-bond donors (Lipinski definition) is 2. The molecular formula is C12H12BrN5O3. The molecule has 0 radical (unpaired) electrons. The third kappa shape index (κ3) is 4.63. The summed E-state index contributed by atoms with van der Waals surface area (Å²) >= 11 is 3.31. The zero-order valence-electron chi connectivity index (χ0n) is 10.8. The standard InChI is InChI=1S/C12H12BrN5O3/c13-9-3-1-8(2-4-9)10(5-12(20)21)15-11(19)6-18-7-14-16-17-18/h1-4,7,10H,5-6H2,(H,15,19)(H,20,21). The van der Waals surface area contributed by atoms with Crippen molar-refractivity contribution in [3.8, 4) is 0 Å². The number of benzene rings is 1. The van der Waals surface area contributed by atoms with Crippen molar-refractivity contribution in [2.24, 2.45) is 0 Å². The molecule has 110 valence electrons. The smallest absolute Gasteiger partial charge is 0.305 e. The van der Waals surface area contributed by atoms with Crippen LogP contribution in [-0.2, 0) is 16.1 Å². The Kier molecular flexibility index (Phi) is 4.99. The monoisotopic (exact) mass is 353 g/mol. The molecule has 1 unspecified atom stereocenters. The summed E-state index contributed by atoms with van der Waals surface area (Å²) < 4.78 is 2.13. The minimum Gasteiger partial charge on any atom is -0.481 e. The Hall–Kier alpha value is -2.29. The van der Waals surface area contributed by atoms with Gasteiger partial charge >= 0.3 is 5.97 Å². The fourth-order valence-corrected chi connectivity index (χ4v) is 2.03. The molecule has 0 saturated heterocycles. The lowest BCUT2D eigenvalue weighted by Gasteiger charge is -2.17. The number of amides is 1. The lowest BCUT2D eigenvalue weighted by Crippen LogP contribution is -2.33. The van der Waals surface area contributed by atoms with E-state index in [0.29, 0.717) is 5.56 Å². The third-order valence-corrected chi connectivity index (χ3v) is 3.21. The van der Waals surface area contributed by atoms with Gasteiger partial charge in [-0.1, -0.05) is 28.1 Å². The molecule has 2 rings (SSSR count). The summed E-state index contributed by atoms with van der Waals surface area (Å²) in [6.07, 6.45) is 1.11. The van der Waals surface area contributed by atoms with Crippen LogP contribution in [-0.4, -0.2) is 37.2 Å². The first-order valence-electron chi connectivity index (χ1n) is 6.02. The average Bonchev–Trinajstić information content (AvgIpc) is 2.91. The number of rotatable bonds is 6. The molecule has 0 saturated carbocycles. The second kappa shape index (κ2) is 6.93. The Morgan fingerprint density at radius 3 is 2.62 bits per heavy atom. The molecule has 1 amide bonds. The summed E-state index contributed by atoms with van der Waals surface area (Å²) in [7, 11) is 0. The fourth-order valence-electron chi connectivity index (χ4n) is 1.76. The number of nitrogens with zero attached hydrogens (tertiary/aromatic N) is 4. The van der Waals surface area contributed by atoms with Crippen LogP contribution in [0, 0.1) is 0 Å². The van der Waals surface area contributed by atoms with Gasteiger partial charge in [0.15, 0.2) is 0 Å². The van der Waals surface area contributed by atoms with Crippen molar-refractivity contribution >= 4 is 27.8 Å². The molecule has 21 heavy (non-hydrogen) atoms. The Bertz CT molecular complexity index is 614. The molecule has 8 nitrogen and oxygen atoms in total. The van der Waals surface area contributed by atoms with Crippen LogP contribution in [0.5, 0.6) is 0 Å². The molecule has 1 aromatic carbocycles. The number of aliphatic carboxylic acids is 1. The maximum Gasteiger partial charge on any atom is 0.305 e. The Balaban J connectivity index is 2.07. The molecule has 0 aliphatic carbocycles. The topological polar surface area (TPSA) is 110 Å². The highest BCUT2D eigenvalue weighted by atomic mass is 79.9. The van der Waals surface area contributed by atoms with Crippen molar-refractivity contribution < 1.29 is 14.7 Å². The summed E-state index contributed by atoms with van der Waals surface area (Å²) in [5.41, 5.74) is 0.714. The predicted molar refractivity (Wildman–Crippen MR) is 75.1 cm³/mol. The normalized spacial score (nSPS) is 11.9. The summed E-state index contributed by atoms with van der Waals surface area (Å²) in [5, 5.41) is 22.1. The van der Waals surface area contributed by atoms with Gasteiger partial charge in [0, 0.05) is 4.47 Å². The quantitative estimate of drug-likeness (QED) is 0.793. The maximum absolute atomic E-state index is 11.9. The largest absolute Gasteiger partial charge is 0.481 e. The van der Waals surface area contributed by atoms with Crippen LogP contribution >= 0.6 is 15.9 Å². The molecule has 0 fully saturated rings. The molecule has 2 aromatic rings. The SMILES string of the molecule is O=C(O)CC(NC(=O)Cn1cnnn1)c1ccc(Br)cc1. The van der Waals surface area contributed by atoms with Crippen LogP contribution in [0.25, 0.3) is 0 Å². The van der Waals surface area contributed by atoms with Gasteiger partial charge in [-0.2, -0.15) is 0 Å². The van der Waals surface area contributed by atoms with Crippen molar-refractivity contribution in [2.75, 3.05) is 0 Å². The van der Waals surface area contributed by atoms with Crippen LogP contribution < -0.4 is 5.32 Å². The van der Waals surface area contributed by atoms with Crippen molar-refractivity contribution in [1.29, 1.82) is 0 Å². The number of halogens is 1. The highest BCUT2D eigenvalue weighted by Gasteiger charge is 2.18. The zero-order chi connectivity index (χ0) is 15.2. The highest BCUT2D eigenvalue weighted by Crippen LogP contribution is 2.19. The van der Waals surface area contributed by atoms with E-state index in [-0.39, 0.29) is 18.9 Å². The highest BCUT2D eigenvalue weighted by molar-refractivity contribution is 9.10. The van der Waals surface area contributed by atoms with Gasteiger partial charge in [-0.25, -0.2) is 4.68 Å². The van der Waals surface area contributed by atoms with Crippen molar-refractivity contribution in [3.63, 3.8) is 0 Å². The predicted octanol–water partition coefficient (Wildman–Crippen LogP) is 0.768. The molecule has 1 aromatic heterocycles. The summed E-state index contributed by atoms with van der Waals surface area (Å²) in [4.78, 5) is 22.9. The molecule has 0 aliphatic rings. The number of carbonyl (C=O) groups is 2. The van der Waals surface area contributed by atoms with Gasteiger partial charge in [0.1, 0.15) is 12.9 Å². The minimum atomic E-state index is -0.995. The summed E-state index contributed by atoms with van der Waals surface area (Å²) in [5.74, 6) is -1.36. The van der Waals surface area contributed by atoms with E-state index in [0.717, 1.165) is 4.47 Å². The number of carbonyl (C=O) groups excluding carboxylic acids is 1. The number of carboxylic acid groups (broad SMARTS) is 1. The van der Waals surface area contributed by atoms with Crippen LogP contribution in [0.1, 0.15) is 18.0 Å². The number of aromatic nitrogens is 4. The van der Waals surface area contributed by atoms with E-state index in [9.17, 15) is 9.59 Å². The Morgan fingerprint density at radius 2 is 2.05 bits per heavy atom. The van der Waals surface area contributed by atoms with Crippen molar-refractivity contribution in [1.82, 2.24) is 25.5 Å². The first-order chi connectivity index (χ1) is 10.0. The summed E-state index contributed by atoms with van der Waals surface area (Å²) in [6.45, 7) is -0.0698. The number of hydrogen-bond acceptors (Lipinski definition) is 5. The number of nitrogens with one attached hydrogen (secondary N) is 1. The number of carboxylic acids is 1. The van der Waals surface area contributed by atoms with Gasteiger partial charge in [-0.05, 0) is 28.1 Å². The van der Waals surface area contributed by atoms with E-state index < -0.39 is 12.0 Å². The Morgan fingerprint density at radius 1 is 1.33 bits per heavy atom. The molecule has 9 heteroatoms. The van der Waals surface area contributed by atoms with E-state index in [1.165, 1.54) is 11.0 Å². The Labute approximate surface area is 128 Å². The van der Waals surface area contributed by atoms with Crippen LogP contribution in [0.15, 0.2) is 35.1 Å². The lowest BCUT2D eigenvalue weighted by molar-refractivity contribution is -0.137. The molecule has 0 spiro atoms. The van der Waals surface area contributed by atoms with E-state index in [2.05, 4.69) is 36.8 Å². The van der Waals surface area contributed by atoms with Crippen LogP contribution in [0.2, 0.25) is 0 Å². The van der Waals surface area contributed by atoms with E-state index >= 15 is 0 Å². The minimum absolute atomic E-state index is 0.0698. The van der Waals surface area contributed by atoms with Crippen LogP contribution in [0.4, 0.5) is 0 Å². The van der Waals surface area contributed by atoms with Gasteiger partial charge < -0.3 is 10.4 Å². The van der Waals surface area contributed by atoms with Gasteiger partial charge in [0.2, 0.25) is 5.91 Å². The molecule has 1 heterocycles. The van der Waals surface area contributed by atoms with Crippen molar-refractivity contribution in [3.05, 3.63) is 40.6 Å². The van der Waals surface area contributed by atoms with Gasteiger partial charge in [0.05, 0.1) is 12.5 Å². The first-order valence-corrected chi connectivity index (χ1v) is 6.81. The van der Waals surface area contributed by atoms with Gasteiger partial charge in [-0.3, -0.25) is 9.59 Å². The summed E-state index contributed by atoms with van der Waals surface area (Å²) in [6, 6.07) is 6.49. The van der Waals surface area contributed by atoms with Crippen molar-refractivity contribution in [2.45, 2.75) is 19.0 Å². The first kappa shape index (κ1) is 15.1. The second-order valence-electron chi connectivity index (χ2n) is 4.28. The number of tetrazole rings is 1. The van der Waals surface area contributed by atoms with E-state index in [1.807, 2.05) is 0 Å². The second-order valence-corrected chi connectivity index (χ2v) is 5.19. The molecule has 0 bridgehead atoms. The molecule has 1 atom stereocenters. The molecule has 0 aliphatic heterocycles. The zero-order valence-corrected chi connectivity index (χ0v) is 12.4. The maximum atomic E-state index is 11.9.